The van der Waals surface area contributed by atoms with E-state index in [0.717, 1.165) is 0 Å². The van der Waals surface area contributed by atoms with Crippen molar-refractivity contribution in [3.8, 4) is 0 Å². The van der Waals surface area contributed by atoms with E-state index in [4.69, 9.17) is 0 Å². The average molecular weight is 164 g/mol. The van der Waals surface area contributed by atoms with Crippen LogP contribution >= 0.6 is 12.4 Å². The number of carbonyl (C=O) groups is 1. The Kier molecular flexibility index (Phi) is 5.29. The molecule has 0 aromatic heterocycles. The zero-order chi connectivity index (χ0) is 7.49. The smallest absolute Gasteiger partial charge is 0.243 e. The Hall–Kier alpha value is -0.500. The first kappa shape index (κ1) is 12.2. The van der Waals surface area contributed by atoms with E-state index in [1.807, 2.05) is 20.8 Å². The highest BCUT2D eigenvalue weighted by Crippen LogP contribution is 1.97. The summed E-state index contributed by atoms with van der Waals surface area (Å²) >= 11 is 0. The van der Waals surface area contributed by atoms with Gasteiger partial charge in [-0.3, -0.25) is 4.79 Å². The number of rotatable bonds is 1. The number of hydrogen-bond donors (Lipinski definition) is 1. The fourth-order valence-electron chi connectivity index (χ4n) is 0.421. The molecule has 3 heteroatoms. The summed E-state index contributed by atoms with van der Waals surface area (Å²) in [5.41, 5.74) is -0.148. The molecule has 0 atom stereocenters. The van der Waals surface area contributed by atoms with Gasteiger partial charge in [0, 0.05) is 5.54 Å². The normalized spacial score (nSPS) is 9.50. The highest BCUT2D eigenvalue weighted by atomic mass is 35.5. The Bertz CT molecular complexity index is 126. The lowest BCUT2D eigenvalue weighted by Gasteiger charge is -2.18. The molecule has 0 aromatic carbocycles. The van der Waals surface area contributed by atoms with E-state index in [1.165, 1.54) is 6.08 Å². The van der Waals surface area contributed by atoms with Crippen LogP contribution in [0.25, 0.3) is 0 Å². The van der Waals surface area contributed by atoms with Crippen molar-refractivity contribution >= 4 is 18.3 Å². The molecule has 0 fully saturated rings. The summed E-state index contributed by atoms with van der Waals surface area (Å²) in [6.07, 6.45) is 1.27. The van der Waals surface area contributed by atoms with Crippen molar-refractivity contribution in [3.63, 3.8) is 0 Å². The molecule has 0 saturated heterocycles. The van der Waals surface area contributed by atoms with E-state index < -0.39 is 0 Å². The molecule has 0 aromatic rings. The van der Waals surface area contributed by atoms with Crippen LogP contribution < -0.4 is 5.32 Å². The monoisotopic (exact) mass is 163 g/mol. The predicted molar refractivity (Wildman–Crippen MR) is 45.3 cm³/mol. The molecule has 0 heterocycles. The topological polar surface area (TPSA) is 29.1 Å². The molecule has 0 bridgehead atoms. The van der Waals surface area contributed by atoms with Gasteiger partial charge in [-0.05, 0) is 26.8 Å². The number of amides is 1. The molecule has 0 saturated carbocycles. The molecule has 0 aliphatic rings. The Morgan fingerprint density at radius 3 is 2.00 bits per heavy atom. The second-order valence-corrected chi connectivity index (χ2v) is 2.94. The van der Waals surface area contributed by atoms with Crippen molar-refractivity contribution in [3.05, 3.63) is 12.7 Å². The van der Waals surface area contributed by atoms with E-state index >= 15 is 0 Å². The minimum atomic E-state index is -0.148. The van der Waals surface area contributed by atoms with Crippen LogP contribution in [0.4, 0.5) is 0 Å². The first-order chi connectivity index (χ1) is 3.95. The van der Waals surface area contributed by atoms with Crippen LogP contribution in [0.3, 0.4) is 0 Å². The van der Waals surface area contributed by atoms with Crippen LogP contribution in [-0.4, -0.2) is 11.4 Å². The number of nitrogens with one attached hydrogen (secondary N) is 1. The molecule has 2 nitrogen and oxygen atoms in total. The third kappa shape index (κ3) is 7.50. The maximum absolute atomic E-state index is 10.6. The SMILES string of the molecule is C=CC(=O)NC(C)(C)C.Cl. The molecular weight excluding hydrogens is 150 g/mol. The first-order valence-electron chi connectivity index (χ1n) is 2.90. The third-order valence-electron chi connectivity index (χ3n) is 0.684. The van der Waals surface area contributed by atoms with Crippen LogP contribution in [0.15, 0.2) is 12.7 Å². The Morgan fingerprint density at radius 2 is 1.90 bits per heavy atom. The van der Waals surface area contributed by atoms with Crippen LogP contribution in [0, 0.1) is 0 Å². The number of carbonyl (C=O) groups excluding carboxylic acids is 1. The van der Waals surface area contributed by atoms with E-state index in [0.29, 0.717) is 0 Å². The fraction of sp³-hybridized carbons (Fsp3) is 0.571. The molecule has 0 unspecified atom stereocenters. The minimum Gasteiger partial charge on any atom is -0.348 e. The summed E-state index contributed by atoms with van der Waals surface area (Å²) in [5.74, 6) is -0.123. The second kappa shape index (κ2) is 4.34. The molecule has 0 spiro atoms. The van der Waals surface area contributed by atoms with Gasteiger partial charge in [0.15, 0.2) is 0 Å². The molecule has 0 aliphatic carbocycles. The molecule has 10 heavy (non-hydrogen) atoms. The van der Waals surface area contributed by atoms with Crippen molar-refractivity contribution in [2.75, 3.05) is 0 Å². The highest BCUT2D eigenvalue weighted by molar-refractivity contribution is 5.87. The lowest BCUT2D eigenvalue weighted by atomic mass is 10.1. The summed E-state index contributed by atoms with van der Waals surface area (Å²) < 4.78 is 0. The van der Waals surface area contributed by atoms with Crippen LogP contribution in [0.5, 0.6) is 0 Å². The van der Waals surface area contributed by atoms with Gasteiger partial charge in [0.05, 0.1) is 0 Å². The fourth-order valence-corrected chi connectivity index (χ4v) is 0.421. The maximum Gasteiger partial charge on any atom is 0.243 e. The van der Waals surface area contributed by atoms with E-state index in [2.05, 4.69) is 11.9 Å². The van der Waals surface area contributed by atoms with Gasteiger partial charge in [-0.15, -0.1) is 12.4 Å². The Morgan fingerprint density at radius 1 is 1.50 bits per heavy atom. The quantitative estimate of drug-likeness (QED) is 0.584. The van der Waals surface area contributed by atoms with Gasteiger partial charge >= 0.3 is 0 Å². The Balaban J connectivity index is 0. The van der Waals surface area contributed by atoms with Gasteiger partial charge < -0.3 is 5.32 Å². The van der Waals surface area contributed by atoms with Crippen molar-refractivity contribution < 1.29 is 4.79 Å². The average Bonchev–Trinajstić information content (AvgIpc) is 1.62. The first-order valence-corrected chi connectivity index (χ1v) is 2.90. The molecule has 60 valence electrons. The third-order valence-corrected chi connectivity index (χ3v) is 0.684. The van der Waals surface area contributed by atoms with Crippen molar-refractivity contribution in [2.24, 2.45) is 0 Å². The summed E-state index contributed by atoms with van der Waals surface area (Å²) in [7, 11) is 0. The number of halogens is 1. The predicted octanol–water partition coefficient (Wildman–Crippen LogP) is 1.51. The van der Waals surface area contributed by atoms with Crippen LogP contribution in [0.1, 0.15) is 20.8 Å². The summed E-state index contributed by atoms with van der Waals surface area (Å²) in [6.45, 7) is 9.11. The molecule has 0 rings (SSSR count). The van der Waals surface area contributed by atoms with Gasteiger partial charge in [-0.2, -0.15) is 0 Å². The molecule has 0 radical (unpaired) electrons. The summed E-state index contributed by atoms with van der Waals surface area (Å²) in [4.78, 5) is 10.6. The van der Waals surface area contributed by atoms with Crippen molar-refractivity contribution in [2.45, 2.75) is 26.3 Å². The van der Waals surface area contributed by atoms with Gasteiger partial charge in [-0.25, -0.2) is 0 Å². The van der Waals surface area contributed by atoms with Crippen LogP contribution in [-0.2, 0) is 4.79 Å². The lowest BCUT2D eigenvalue weighted by Crippen LogP contribution is -2.39. The minimum absolute atomic E-state index is 0. The zero-order valence-corrected chi connectivity index (χ0v) is 7.42. The molecule has 1 N–H and O–H groups in total. The van der Waals surface area contributed by atoms with Gasteiger partial charge in [0.2, 0.25) is 5.91 Å². The van der Waals surface area contributed by atoms with Crippen molar-refractivity contribution in [1.82, 2.24) is 5.32 Å². The molecular formula is C7H14ClNO. The lowest BCUT2D eigenvalue weighted by molar-refractivity contribution is -0.117. The molecule has 1 amide bonds. The van der Waals surface area contributed by atoms with E-state index in [1.54, 1.807) is 0 Å². The second-order valence-electron chi connectivity index (χ2n) is 2.94. The summed E-state index contributed by atoms with van der Waals surface area (Å²) in [6, 6.07) is 0. The van der Waals surface area contributed by atoms with E-state index in [-0.39, 0.29) is 23.9 Å². The van der Waals surface area contributed by atoms with Gasteiger partial charge in [0.25, 0.3) is 0 Å². The van der Waals surface area contributed by atoms with Gasteiger partial charge in [-0.1, -0.05) is 6.58 Å². The van der Waals surface area contributed by atoms with Crippen molar-refractivity contribution in [1.29, 1.82) is 0 Å². The summed E-state index contributed by atoms with van der Waals surface area (Å²) in [5, 5.41) is 2.71. The van der Waals surface area contributed by atoms with E-state index in [9.17, 15) is 4.79 Å². The standard InChI is InChI=1S/C7H13NO.ClH/c1-5-6(9)8-7(2,3)4;/h5H,1H2,2-4H3,(H,8,9);1H. The van der Waals surface area contributed by atoms with Crippen LogP contribution in [0.2, 0.25) is 0 Å². The highest BCUT2D eigenvalue weighted by Gasteiger charge is 2.10. The molecule has 0 aliphatic heterocycles. The van der Waals surface area contributed by atoms with Gasteiger partial charge in [0.1, 0.15) is 0 Å². The largest absolute Gasteiger partial charge is 0.348 e. The number of hydrogen-bond acceptors (Lipinski definition) is 1. The Labute approximate surface area is 68.1 Å². The maximum atomic E-state index is 10.6. The zero-order valence-electron chi connectivity index (χ0n) is 6.60.